The molecule has 9 aromatic carbocycles. The lowest BCUT2D eigenvalue weighted by Gasteiger charge is -2.33. The third kappa shape index (κ3) is 5.17. The van der Waals surface area contributed by atoms with Crippen molar-refractivity contribution < 1.29 is 4.79 Å². The molecule has 260 valence electrons. The molecule has 2 bridgehead atoms. The van der Waals surface area contributed by atoms with Gasteiger partial charge >= 0.3 is 0 Å². The Bertz CT molecular complexity index is 2970. The van der Waals surface area contributed by atoms with Gasteiger partial charge in [-0.05, 0) is 107 Å². The van der Waals surface area contributed by atoms with Gasteiger partial charge in [-0.2, -0.15) is 0 Å². The summed E-state index contributed by atoms with van der Waals surface area (Å²) in [6, 6.07) is 66.7. The van der Waals surface area contributed by atoms with Gasteiger partial charge in [0.2, 0.25) is 0 Å². The minimum Gasteiger partial charge on any atom is -0.302 e. The quantitative estimate of drug-likeness (QED) is 0.130. The zero-order valence-corrected chi connectivity index (χ0v) is 30.5. The molecule has 0 saturated heterocycles. The number of nitrogens with zero attached hydrogens (tertiary/aromatic N) is 1. The minimum absolute atomic E-state index is 0.560. The lowest BCUT2D eigenvalue weighted by Crippen LogP contribution is -2.33. The highest BCUT2D eigenvalue weighted by Crippen LogP contribution is 2.47. The molecule has 10 rings (SSSR count). The molecule has 2 heteroatoms. The molecule has 9 aromatic rings. The summed E-state index contributed by atoms with van der Waals surface area (Å²) >= 11 is 0. The maximum Gasteiger partial charge on any atom is 0.139 e. The maximum atomic E-state index is 13.8. The fourth-order valence-corrected chi connectivity index (χ4v) is 9.12. The Morgan fingerprint density at radius 2 is 1.13 bits per heavy atom. The Labute approximate surface area is 321 Å². The van der Waals surface area contributed by atoms with Crippen LogP contribution in [0, 0.1) is 6.92 Å². The Morgan fingerprint density at radius 1 is 0.509 bits per heavy atom. The first-order valence-corrected chi connectivity index (χ1v) is 19.0. The van der Waals surface area contributed by atoms with Crippen molar-refractivity contribution in [1.29, 1.82) is 0 Å². The van der Waals surface area contributed by atoms with Crippen molar-refractivity contribution in [2.45, 2.75) is 18.8 Å². The molecule has 1 heterocycles. The van der Waals surface area contributed by atoms with E-state index in [9.17, 15) is 4.79 Å². The van der Waals surface area contributed by atoms with Gasteiger partial charge in [0.25, 0.3) is 0 Å². The maximum absolute atomic E-state index is 13.8. The average Bonchev–Trinajstić information content (AvgIpc) is 3.26. The van der Waals surface area contributed by atoms with Gasteiger partial charge in [0, 0.05) is 6.42 Å². The topological polar surface area (TPSA) is 29.4 Å². The predicted octanol–water partition coefficient (Wildman–Crippen LogP) is 13.0. The van der Waals surface area contributed by atoms with E-state index in [1.165, 1.54) is 54.6 Å². The molecule has 1 atom stereocenters. The van der Waals surface area contributed by atoms with Gasteiger partial charge in [-0.1, -0.05) is 176 Å². The predicted molar refractivity (Wildman–Crippen MR) is 230 cm³/mol. The van der Waals surface area contributed by atoms with Crippen molar-refractivity contribution in [3.8, 4) is 22.3 Å². The lowest BCUT2D eigenvalue weighted by molar-refractivity contribution is -0.110. The third-order valence-electron chi connectivity index (χ3n) is 11.7. The van der Waals surface area contributed by atoms with E-state index >= 15 is 0 Å². The van der Waals surface area contributed by atoms with Crippen LogP contribution in [0.3, 0.4) is 0 Å². The van der Waals surface area contributed by atoms with Crippen LogP contribution in [0.25, 0.3) is 54.6 Å². The Hall–Kier alpha value is -6.90. The number of fused-ring (bicyclic) bond motifs is 6. The van der Waals surface area contributed by atoms with Crippen molar-refractivity contribution in [3.05, 3.63) is 221 Å². The van der Waals surface area contributed by atoms with Crippen molar-refractivity contribution in [1.82, 2.24) is 0 Å². The number of hydrogen-bond donors (Lipinski definition) is 0. The van der Waals surface area contributed by atoms with E-state index in [-0.39, 0.29) is 0 Å². The second-order valence-electron chi connectivity index (χ2n) is 14.6. The monoisotopic (exact) mass is 703 g/mol. The van der Waals surface area contributed by atoms with Crippen LogP contribution in [-0.4, -0.2) is 12.0 Å². The molecular weight excluding hydrogens is 667 g/mol. The van der Waals surface area contributed by atoms with Crippen molar-refractivity contribution in [2.75, 3.05) is 0 Å². The highest BCUT2D eigenvalue weighted by atomic mass is 16.1. The van der Waals surface area contributed by atoms with Crippen molar-refractivity contribution in [2.24, 2.45) is 4.99 Å². The summed E-state index contributed by atoms with van der Waals surface area (Å²) in [6.07, 6.45) is 1.70. The Balaban J connectivity index is 1.29. The number of carbonyl (C=O) groups is 1. The van der Waals surface area contributed by atoms with Crippen LogP contribution in [0.5, 0.6) is 0 Å². The number of aldehydes is 1. The van der Waals surface area contributed by atoms with Crippen LogP contribution >= 0.6 is 0 Å². The van der Waals surface area contributed by atoms with E-state index in [4.69, 9.17) is 4.99 Å². The summed E-state index contributed by atoms with van der Waals surface area (Å²) in [4.78, 5) is 19.3. The van der Waals surface area contributed by atoms with Gasteiger partial charge in [0.05, 0.1) is 11.4 Å². The lowest BCUT2D eigenvalue weighted by atomic mass is 9.67. The summed E-state index contributed by atoms with van der Waals surface area (Å²) in [6.45, 7) is 2.11. The molecule has 1 aliphatic heterocycles. The summed E-state index contributed by atoms with van der Waals surface area (Å²) in [7, 11) is 0. The number of hydrogen-bond acceptors (Lipinski definition) is 2. The van der Waals surface area contributed by atoms with Gasteiger partial charge in [0.1, 0.15) is 11.7 Å². The van der Waals surface area contributed by atoms with Crippen LogP contribution < -0.4 is 0 Å². The van der Waals surface area contributed by atoms with E-state index in [1.807, 2.05) is 24.3 Å². The fraction of sp³-hybridized carbons (Fsp3) is 0.0566. The number of rotatable bonds is 5. The van der Waals surface area contributed by atoms with Gasteiger partial charge in [-0.3, -0.25) is 4.99 Å². The second kappa shape index (κ2) is 13.2. The van der Waals surface area contributed by atoms with Gasteiger partial charge in [-0.15, -0.1) is 0 Å². The van der Waals surface area contributed by atoms with E-state index in [0.717, 1.165) is 51.1 Å². The highest BCUT2D eigenvalue weighted by molar-refractivity contribution is 6.24. The molecule has 1 unspecified atom stereocenters. The van der Waals surface area contributed by atoms with E-state index < -0.39 is 5.41 Å². The number of carbonyl (C=O) groups excluding carboxylic acids is 1. The first-order chi connectivity index (χ1) is 27.2. The molecule has 0 amide bonds. The van der Waals surface area contributed by atoms with Crippen molar-refractivity contribution in [3.63, 3.8) is 0 Å². The molecule has 0 saturated carbocycles. The number of aliphatic imine (C=N–C) groups is 1. The van der Waals surface area contributed by atoms with Crippen LogP contribution in [0.1, 0.15) is 33.4 Å². The zero-order chi connectivity index (χ0) is 36.9. The summed E-state index contributed by atoms with van der Waals surface area (Å²) in [5.41, 5.74) is 11.7. The van der Waals surface area contributed by atoms with Crippen LogP contribution in [-0.2, 0) is 16.6 Å². The van der Waals surface area contributed by atoms with Crippen LogP contribution in [0.4, 0.5) is 5.69 Å². The first kappa shape index (κ1) is 32.7. The summed E-state index contributed by atoms with van der Waals surface area (Å²) < 4.78 is 0. The van der Waals surface area contributed by atoms with E-state index in [0.29, 0.717) is 6.42 Å². The van der Waals surface area contributed by atoms with Crippen LogP contribution in [0.2, 0.25) is 0 Å². The number of benzene rings is 9. The first-order valence-electron chi connectivity index (χ1n) is 19.0. The molecule has 0 aromatic heterocycles. The largest absolute Gasteiger partial charge is 0.302 e. The molecule has 0 aliphatic carbocycles. The molecule has 0 spiro atoms. The molecule has 1 aliphatic rings. The van der Waals surface area contributed by atoms with Crippen molar-refractivity contribution >= 4 is 50.0 Å². The second-order valence-corrected chi connectivity index (χ2v) is 14.6. The van der Waals surface area contributed by atoms with Crippen LogP contribution in [0.15, 0.2) is 193 Å². The fourth-order valence-electron chi connectivity index (χ4n) is 9.12. The molecule has 2 nitrogen and oxygen atoms in total. The summed E-state index contributed by atoms with van der Waals surface area (Å²) in [5.74, 6) is 0. The molecular formula is C53H37NO. The van der Waals surface area contributed by atoms with E-state index in [1.54, 1.807) is 0 Å². The van der Waals surface area contributed by atoms with Gasteiger partial charge in [-0.25, -0.2) is 0 Å². The minimum atomic E-state index is -0.989. The Morgan fingerprint density at radius 3 is 1.93 bits per heavy atom. The average molecular weight is 704 g/mol. The normalized spacial score (nSPS) is 15.2. The third-order valence-corrected chi connectivity index (χ3v) is 11.7. The molecule has 0 fully saturated rings. The Kier molecular flexibility index (Phi) is 7.85. The molecule has 0 N–H and O–H groups in total. The van der Waals surface area contributed by atoms with Gasteiger partial charge < -0.3 is 4.79 Å². The van der Waals surface area contributed by atoms with Gasteiger partial charge in [0.15, 0.2) is 0 Å². The molecule has 55 heavy (non-hydrogen) atoms. The standard InChI is InChI=1S/C53H37NO/c1-35-47-28-15-29-49(35)54-50(33-38-19-9-13-27-48(38)53(47,34-55)40-21-6-3-7-22-40)39-30-31-45-46(32-39)52(42-26-14-20-36-16-8-10-23-41(36)42)44-25-12-11-24-43(44)51(45)37-17-4-2-5-18-37/h2-32,34H,33H2,1H3. The molecule has 0 radical (unpaired) electrons. The SMILES string of the molecule is Cc1c2cccc1C(C=O)(c1ccccc1)c1ccccc1CC(c1ccc3c(-c4ccccc4)c4ccccc4c(-c4cccc5ccccc45)c3c1)=N2. The van der Waals surface area contributed by atoms with E-state index in [2.05, 4.69) is 171 Å². The zero-order valence-electron chi connectivity index (χ0n) is 30.5. The smallest absolute Gasteiger partial charge is 0.139 e. The highest BCUT2D eigenvalue weighted by Gasteiger charge is 2.40. The summed E-state index contributed by atoms with van der Waals surface area (Å²) in [5, 5.41) is 7.25.